The molecule has 0 spiro atoms. The van der Waals surface area contributed by atoms with Crippen molar-refractivity contribution in [3.63, 3.8) is 0 Å². The van der Waals surface area contributed by atoms with Crippen molar-refractivity contribution >= 4 is 23.4 Å². The van der Waals surface area contributed by atoms with Crippen LogP contribution in [0.2, 0.25) is 0 Å². The van der Waals surface area contributed by atoms with Gasteiger partial charge in [-0.25, -0.2) is 18.6 Å². The van der Waals surface area contributed by atoms with Gasteiger partial charge >= 0.3 is 12.7 Å². The number of carbonyl (C=O) groups excluding carboxylic acids is 2. The van der Waals surface area contributed by atoms with Crippen molar-refractivity contribution in [3.05, 3.63) is 82.7 Å². The highest BCUT2D eigenvalue weighted by molar-refractivity contribution is 5.98. The average molecular weight is 628 g/mol. The summed E-state index contributed by atoms with van der Waals surface area (Å²) in [6.07, 6.45) is 1.66. The normalized spacial score (nSPS) is 16.7. The molecule has 3 N–H and O–H groups in total. The molecule has 2 amide bonds. The number of halogens is 4. The smallest absolute Gasteiger partial charge is 0.411 e. The fourth-order valence-electron chi connectivity index (χ4n) is 5.36. The summed E-state index contributed by atoms with van der Waals surface area (Å²) in [7, 11) is 1.23. The third-order valence-corrected chi connectivity index (χ3v) is 7.64. The maximum absolute atomic E-state index is 14.8. The van der Waals surface area contributed by atoms with Crippen LogP contribution in [-0.4, -0.2) is 35.7 Å². The summed E-state index contributed by atoms with van der Waals surface area (Å²) in [6, 6.07) is 9.17. The predicted octanol–water partition coefficient (Wildman–Crippen LogP) is 6.63. The average Bonchev–Trinajstić information content (AvgIpc) is 3.37. The van der Waals surface area contributed by atoms with Crippen LogP contribution in [0, 0.1) is 29.7 Å². The van der Waals surface area contributed by atoms with Gasteiger partial charge in [0.25, 0.3) is 0 Å². The van der Waals surface area contributed by atoms with Crippen LogP contribution in [0.3, 0.4) is 0 Å². The zero-order valence-corrected chi connectivity index (χ0v) is 24.4. The van der Waals surface area contributed by atoms with Gasteiger partial charge in [0.1, 0.15) is 17.5 Å². The molecule has 0 saturated heterocycles. The lowest BCUT2D eigenvalue weighted by molar-refractivity contribution is -0.614. The first kappa shape index (κ1) is 31.3. The predicted molar refractivity (Wildman–Crippen MR) is 156 cm³/mol. The zero-order chi connectivity index (χ0) is 32.4. The van der Waals surface area contributed by atoms with E-state index in [-0.39, 0.29) is 17.2 Å². The second-order valence-corrected chi connectivity index (χ2v) is 10.6. The minimum Gasteiger partial charge on any atom is -0.618 e. The first-order valence-electron chi connectivity index (χ1n) is 14.0. The highest BCUT2D eigenvalue weighted by Gasteiger charge is 2.30. The van der Waals surface area contributed by atoms with E-state index in [9.17, 15) is 32.4 Å². The Morgan fingerprint density at radius 1 is 1.16 bits per heavy atom. The van der Waals surface area contributed by atoms with Gasteiger partial charge in [0.05, 0.1) is 29.6 Å². The molecule has 3 heterocycles. The summed E-state index contributed by atoms with van der Waals surface area (Å²) >= 11 is 0. The summed E-state index contributed by atoms with van der Waals surface area (Å²) in [4.78, 5) is 33.0. The Bertz CT molecular complexity index is 1760. The Balaban J connectivity index is 1.58. The van der Waals surface area contributed by atoms with E-state index in [1.807, 2.05) is 0 Å². The highest BCUT2D eigenvalue weighted by Crippen LogP contribution is 2.38. The number of hydrogen-bond donors (Lipinski definition) is 3. The molecule has 0 unspecified atom stereocenters. The first-order valence-corrected chi connectivity index (χ1v) is 14.0. The second kappa shape index (κ2) is 12.8. The number of nitrogens with zero attached hydrogens (tertiary/aromatic N) is 2. The van der Waals surface area contributed by atoms with E-state index in [0.717, 1.165) is 12.3 Å². The van der Waals surface area contributed by atoms with Gasteiger partial charge in [-0.2, -0.15) is 13.5 Å². The Morgan fingerprint density at radius 2 is 1.93 bits per heavy atom. The largest absolute Gasteiger partial charge is 0.618 e. The number of imidazole rings is 1. The molecule has 5 rings (SSSR count). The monoisotopic (exact) mass is 627 g/mol. The third kappa shape index (κ3) is 6.54. The number of aromatic amines is 1. The van der Waals surface area contributed by atoms with Crippen LogP contribution in [-0.2, 0) is 9.53 Å². The number of methoxy groups -OCH3 is 1. The molecule has 236 valence electrons. The number of H-pyrrole nitrogens is 1. The van der Waals surface area contributed by atoms with Crippen LogP contribution in [0.5, 0.6) is 5.75 Å². The molecule has 0 aliphatic carbocycles. The summed E-state index contributed by atoms with van der Waals surface area (Å²) in [5.41, 5.74) is 1.91. The zero-order valence-electron chi connectivity index (χ0n) is 24.4. The number of aromatic nitrogens is 3. The molecular formula is C31H29F4N5O5. The van der Waals surface area contributed by atoms with Crippen LogP contribution in [0.25, 0.3) is 22.4 Å². The van der Waals surface area contributed by atoms with Gasteiger partial charge < -0.3 is 25.0 Å². The third-order valence-electron chi connectivity index (χ3n) is 7.64. The maximum atomic E-state index is 14.8. The molecule has 1 aliphatic rings. The summed E-state index contributed by atoms with van der Waals surface area (Å²) < 4.78 is 64.4. The number of hydrogen-bond acceptors (Lipinski definition) is 6. The molecule has 2 atom stereocenters. The molecule has 4 aromatic rings. The summed E-state index contributed by atoms with van der Waals surface area (Å²) in [6.45, 7) is 0.254. The Morgan fingerprint density at radius 3 is 2.64 bits per heavy atom. The van der Waals surface area contributed by atoms with Gasteiger partial charge in [-0.1, -0.05) is 13.3 Å². The van der Waals surface area contributed by atoms with Gasteiger partial charge in [-0.3, -0.25) is 10.1 Å². The van der Waals surface area contributed by atoms with Gasteiger partial charge in [0.15, 0.2) is 17.8 Å². The quantitative estimate of drug-likeness (QED) is 0.129. The van der Waals surface area contributed by atoms with E-state index in [4.69, 9.17) is 4.98 Å². The van der Waals surface area contributed by atoms with E-state index in [1.54, 1.807) is 32.0 Å². The number of amides is 2. The molecule has 2 bridgehead atoms. The van der Waals surface area contributed by atoms with E-state index >= 15 is 0 Å². The molecule has 10 nitrogen and oxygen atoms in total. The van der Waals surface area contributed by atoms with E-state index in [2.05, 4.69) is 25.1 Å². The number of alkyl halides is 2. The molecular weight excluding hydrogens is 598 g/mol. The SMILES string of the molecule is COC(=O)Nc1ccc2c(c1)NC(=O)[C@H](C)CCC[C@H](c1ccc(-c3c(OC(F)F)ccc(F)c3F)c[n+]1[O-])c1nc-2c(C)[nH]1. The van der Waals surface area contributed by atoms with Crippen molar-refractivity contribution < 1.29 is 41.4 Å². The minimum absolute atomic E-state index is 0.165. The topological polar surface area (TPSA) is 132 Å². The number of aryl methyl sites for hydroxylation is 1. The lowest BCUT2D eigenvalue weighted by atomic mass is 9.92. The van der Waals surface area contributed by atoms with Crippen molar-refractivity contribution in [3.8, 4) is 28.1 Å². The van der Waals surface area contributed by atoms with E-state index < -0.39 is 47.5 Å². The maximum Gasteiger partial charge on any atom is 0.411 e. The number of anilines is 2. The molecule has 0 fully saturated rings. The van der Waals surface area contributed by atoms with Crippen molar-refractivity contribution in [1.82, 2.24) is 9.97 Å². The number of pyridine rings is 1. The fraction of sp³-hybridized carbons (Fsp3) is 0.290. The Kier molecular flexibility index (Phi) is 8.93. The van der Waals surface area contributed by atoms with Crippen molar-refractivity contribution in [2.75, 3.05) is 17.7 Å². The van der Waals surface area contributed by atoms with Gasteiger partial charge in [-0.15, -0.1) is 0 Å². The first-order chi connectivity index (χ1) is 21.5. The Hall–Kier alpha value is -5.14. The number of ether oxygens (including phenoxy) is 2. The Labute approximate surface area is 255 Å². The summed E-state index contributed by atoms with van der Waals surface area (Å²) in [5, 5.41) is 18.9. The van der Waals surface area contributed by atoms with Gasteiger partial charge in [-0.05, 0) is 56.2 Å². The highest BCUT2D eigenvalue weighted by atomic mass is 19.3. The van der Waals surface area contributed by atoms with Crippen LogP contribution in [0.4, 0.5) is 33.7 Å². The second-order valence-electron chi connectivity index (χ2n) is 10.6. The van der Waals surface area contributed by atoms with Crippen molar-refractivity contribution in [2.24, 2.45) is 5.92 Å². The van der Waals surface area contributed by atoms with Crippen LogP contribution < -0.4 is 20.1 Å². The lowest BCUT2D eigenvalue weighted by Gasteiger charge is -2.19. The van der Waals surface area contributed by atoms with Crippen molar-refractivity contribution in [1.29, 1.82) is 0 Å². The molecule has 0 saturated carbocycles. The van der Waals surface area contributed by atoms with E-state index in [0.29, 0.717) is 64.2 Å². The number of benzene rings is 2. The standard InChI is InChI=1S/C31H29F4N5O5/c1-15-5-4-6-20(23-11-7-17(14-40(23)43)25-24(45-30(34)35)12-10-21(32)26(25)33)28-36-16(2)27(39-28)19-9-8-18(37-31(42)44-3)13-22(19)38-29(15)41/h7-15,20,30H,4-6H2,1-3H3,(H,36,39)(H,37,42)(H,38,41)/t15-,20-/m1/s1. The van der Waals surface area contributed by atoms with Gasteiger partial charge in [0, 0.05) is 28.9 Å². The molecule has 45 heavy (non-hydrogen) atoms. The number of rotatable bonds is 5. The molecule has 0 radical (unpaired) electrons. The molecule has 14 heteroatoms. The van der Waals surface area contributed by atoms with E-state index in [1.165, 1.54) is 19.2 Å². The molecule has 2 aromatic carbocycles. The van der Waals surface area contributed by atoms with Crippen LogP contribution >= 0.6 is 0 Å². The number of carbonyl (C=O) groups is 2. The lowest BCUT2D eigenvalue weighted by Crippen LogP contribution is -2.34. The molecule has 2 aromatic heterocycles. The van der Waals surface area contributed by atoms with Crippen LogP contribution in [0.1, 0.15) is 49.3 Å². The fourth-order valence-corrected chi connectivity index (χ4v) is 5.36. The molecule has 1 aliphatic heterocycles. The minimum atomic E-state index is -3.30. The summed E-state index contributed by atoms with van der Waals surface area (Å²) in [5.74, 6) is -4.18. The number of nitrogens with one attached hydrogen (secondary N) is 3. The van der Waals surface area contributed by atoms with Crippen LogP contribution in [0.15, 0.2) is 48.7 Å². The van der Waals surface area contributed by atoms with Gasteiger partial charge in [0.2, 0.25) is 11.6 Å². The van der Waals surface area contributed by atoms with Crippen molar-refractivity contribution in [2.45, 2.75) is 45.6 Å². The number of fused-ring (bicyclic) bond motifs is 4.